The number of para-hydroxylation sites is 1. The molecule has 104 valence electrons. The summed E-state index contributed by atoms with van der Waals surface area (Å²) in [5, 5.41) is 10.5. The molecule has 21 heavy (non-hydrogen) atoms. The second-order valence-electron chi connectivity index (χ2n) is 4.77. The molecule has 2 aromatic carbocycles. The third-order valence-corrected chi connectivity index (χ3v) is 3.34. The molecule has 0 atom stereocenters. The van der Waals surface area contributed by atoms with Crippen LogP contribution in [0.3, 0.4) is 0 Å². The number of rotatable bonds is 2. The molecule has 0 saturated carbocycles. The summed E-state index contributed by atoms with van der Waals surface area (Å²) < 4.78 is 0. The molecule has 0 unspecified atom stereocenters. The van der Waals surface area contributed by atoms with Gasteiger partial charge in [-0.2, -0.15) is 0 Å². The molecule has 4 heteroatoms. The third-order valence-electron chi connectivity index (χ3n) is 3.34. The van der Waals surface area contributed by atoms with Gasteiger partial charge in [-0.3, -0.25) is 4.79 Å². The van der Waals surface area contributed by atoms with Crippen LogP contribution in [0, 0.1) is 0 Å². The Hall–Kier alpha value is -2.88. The van der Waals surface area contributed by atoms with Gasteiger partial charge in [0, 0.05) is 24.2 Å². The van der Waals surface area contributed by atoms with Crippen molar-refractivity contribution in [1.82, 2.24) is 4.98 Å². The lowest BCUT2D eigenvalue weighted by Gasteiger charge is -2.17. The van der Waals surface area contributed by atoms with Gasteiger partial charge in [-0.25, -0.2) is 4.98 Å². The minimum Gasteiger partial charge on any atom is -0.508 e. The van der Waals surface area contributed by atoms with Gasteiger partial charge in [0.15, 0.2) is 0 Å². The molecular formula is C17H14N2O2. The van der Waals surface area contributed by atoms with E-state index in [1.807, 2.05) is 30.3 Å². The van der Waals surface area contributed by atoms with E-state index in [9.17, 15) is 9.90 Å². The van der Waals surface area contributed by atoms with E-state index in [0.29, 0.717) is 11.4 Å². The molecule has 3 rings (SSSR count). The highest BCUT2D eigenvalue weighted by Crippen LogP contribution is 2.21. The Morgan fingerprint density at radius 2 is 1.86 bits per heavy atom. The van der Waals surface area contributed by atoms with Crippen LogP contribution >= 0.6 is 0 Å². The lowest BCUT2D eigenvalue weighted by molar-refractivity contribution is 0.0988. The monoisotopic (exact) mass is 278 g/mol. The molecule has 1 amide bonds. The zero-order valence-electron chi connectivity index (χ0n) is 11.5. The predicted octanol–water partition coefficient (Wildman–Crippen LogP) is 3.22. The maximum absolute atomic E-state index is 12.5. The zero-order valence-corrected chi connectivity index (χ0v) is 11.5. The second kappa shape index (κ2) is 5.25. The molecule has 0 radical (unpaired) electrons. The van der Waals surface area contributed by atoms with Crippen LogP contribution in [-0.4, -0.2) is 23.0 Å². The van der Waals surface area contributed by atoms with Crippen LogP contribution in [0.25, 0.3) is 10.9 Å². The second-order valence-corrected chi connectivity index (χ2v) is 4.77. The standard InChI is InChI=1S/C17H14N2O2/c1-19(13-6-4-7-14(20)11-13)17(21)16-10-9-12-5-2-3-8-15(12)18-16/h2-11,20H,1H3. The van der Waals surface area contributed by atoms with E-state index in [2.05, 4.69) is 4.98 Å². The summed E-state index contributed by atoms with van der Waals surface area (Å²) in [5.74, 6) is -0.0926. The minimum atomic E-state index is -0.216. The van der Waals surface area contributed by atoms with Crippen LogP contribution in [0.15, 0.2) is 60.7 Å². The van der Waals surface area contributed by atoms with Crippen LogP contribution < -0.4 is 4.90 Å². The van der Waals surface area contributed by atoms with Crippen LogP contribution in [0.5, 0.6) is 5.75 Å². The Morgan fingerprint density at radius 1 is 1.05 bits per heavy atom. The van der Waals surface area contributed by atoms with E-state index in [0.717, 1.165) is 10.9 Å². The number of phenolic OH excluding ortho intramolecular Hbond substituents is 1. The van der Waals surface area contributed by atoms with Gasteiger partial charge in [-0.1, -0.05) is 30.3 Å². The van der Waals surface area contributed by atoms with Crippen LogP contribution in [0.1, 0.15) is 10.5 Å². The number of pyridine rings is 1. The Bertz CT molecular complexity index is 815. The van der Waals surface area contributed by atoms with E-state index < -0.39 is 0 Å². The van der Waals surface area contributed by atoms with Crippen LogP contribution in [-0.2, 0) is 0 Å². The number of benzene rings is 2. The van der Waals surface area contributed by atoms with Gasteiger partial charge in [0.25, 0.3) is 5.91 Å². The summed E-state index contributed by atoms with van der Waals surface area (Å²) in [4.78, 5) is 18.3. The van der Waals surface area contributed by atoms with Crippen molar-refractivity contribution < 1.29 is 9.90 Å². The number of amides is 1. The van der Waals surface area contributed by atoms with E-state index in [1.165, 1.54) is 4.90 Å². The lowest BCUT2D eigenvalue weighted by Crippen LogP contribution is -2.26. The highest BCUT2D eigenvalue weighted by Gasteiger charge is 2.15. The van der Waals surface area contributed by atoms with Crippen molar-refractivity contribution in [3.8, 4) is 5.75 Å². The average molecular weight is 278 g/mol. The van der Waals surface area contributed by atoms with Crippen molar-refractivity contribution >= 4 is 22.5 Å². The molecule has 1 N–H and O–H groups in total. The van der Waals surface area contributed by atoms with Crippen molar-refractivity contribution in [2.45, 2.75) is 0 Å². The van der Waals surface area contributed by atoms with Crippen molar-refractivity contribution in [3.05, 3.63) is 66.4 Å². The fourth-order valence-corrected chi connectivity index (χ4v) is 2.18. The minimum absolute atomic E-state index is 0.124. The van der Waals surface area contributed by atoms with Gasteiger partial charge >= 0.3 is 0 Å². The van der Waals surface area contributed by atoms with Gasteiger partial charge in [0.05, 0.1) is 5.52 Å². The Morgan fingerprint density at radius 3 is 2.67 bits per heavy atom. The van der Waals surface area contributed by atoms with E-state index >= 15 is 0 Å². The molecule has 0 aliphatic rings. The van der Waals surface area contributed by atoms with Gasteiger partial charge in [-0.05, 0) is 24.3 Å². The number of phenols is 1. The zero-order chi connectivity index (χ0) is 14.8. The molecule has 0 bridgehead atoms. The first-order chi connectivity index (χ1) is 10.1. The average Bonchev–Trinajstić information content (AvgIpc) is 2.53. The Balaban J connectivity index is 1.96. The SMILES string of the molecule is CN(C(=O)c1ccc2ccccc2n1)c1cccc(O)c1. The molecule has 0 aliphatic carbocycles. The fourth-order valence-electron chi connectivity index (χ4n) is 2.18. The highest BCUT2D eigenvalue weighted by molar-refractivity contribution is 6.05. The van der Waals surface area contributed by atoms with Gasteiger partial charge in [-0.15, -0.1) is 0 Å². The molecule has 3 aromatic rings. The number of anilines is 1. The lowest BCUT2D eigenvalue weighted by atomic mass is 10.2. The number of aromatic nitrogens is 1. The van der Waals surface area contributed by atoms with Crippen molar-refractivity contribution in [1.29, 1.82) is 0 Å². The number of hydrogen-bond acceptors (Lipinski definition) is 3. The first-order valence-corrected chi connectivity index (χ1v) is 6.58. The van der Waals surface area contributed by atoms with E-state index in [-0.39, 0.29) is 11.7 Å². The number of carbonyl (C=O) groups excluding carboxylic acids is 1. The number of aromatic hydroxyl groups is 1. The fraction of sp³-hybridized carbons (Fsp3) is 0.0588. The van der Waals surface area contributed by atoms with Crippen LogP contribution in [0.2, 0.25) is 0 Å². The number of fused-ring (bicyclic) bond motifs is 1. The first-order valence-electron chi connectivity index (χ1n) is 6.58. The maximum atomic E-state index is 12.5. The van der Waals surface area contributed by atoms with E-state index in [4.69, 9.17) is 0 Å². The van der Waals surface area contributed by atoms with Crippen LogP contribution in [0.4, 0.5) is 5.69 Å². The van der Waals surface area contributed by atoms with Crippen molar-refractivity contribution in [2.24, 2.45) is 0 Å². The summed E-state index contributed by atoms with van der Waals surface area (Å²) in [6, 6.07) is 17.8. The summed E-state index contributed by atoms with van der Waals surface area (Å²) in [6.07, 6.45) is 0. The summed E-state index contributed by atoms with van der Waals surface area (Å²) in [5.41, 5.74) is 1.78. The topological polar surface area (TPSA) is 53.4 Å². The summed E-state index contributed by atoms with van der Waals surface area (Å²) in [7, 11) is 1.66. The van der Waals surface area contributed by atoms with E-state index in [1.54, 1.807) is 37.4 Å². The number of hydrogen-bond donors (Lipinski definition) is 1. The molecule has 4 nitrogen and oxygen atoms in total. The maximum Gasteiger partial charge on any atom is 0.276 e. The molecule has 1 heterocycles. The van der Waals surface area contributed by atoms with Gasteiger partial charge in [0.1, 0.15) is 11.4 Å². The predicted molar refractivity (Wildman–Crippen MR) is 82.6 cm³/mol. The third kappa shape index (κ3) is 2.56. The molecule has 0 saturated heterocycles. The highest BCUT2D eigenvalue weighted by atomic mass is 16.3. The van der Waals surface area contributed by atoms with Crippen molar-refractivity contribution in [3.63, 3.8) is 0 Å². The largest absolute Gasteiger partial charge is 0.508 e. The molecule has 1 aromatic heterocycles. The smallest absolute Gasteiger partial charge is 0.276 e. The first kappa shape index (κ1) is 13.1. The molecule has 0 spiro atoms. The van der Waals surface area contributed by atoms with Gasteiger partial charge < -0.3 is 10.0 Å². The normalized spacial score (nSPS) is 10.5. The quantitative estimate of drug-likeness (QED) is 0.783. The Labute approximate surface area is 122 Å². The molecule has 0 fully saturated rings. The number of carbonyl (C=O) groups is 1. The molecular weight excluding hydrogens is 264 g/mol. The summed E-state index contributed by atoms with van der Waals surface area (Å²) in [6.45, 7) is 0. The van der Waals surface area contributed by atoms with Gasteiger partial charge in [0.2, 0.25) is 0 Å². The van der Waals surface area contributed by atoms with Crippen molar-refractivity contribution in [2.75, 3.05) is 11.9 Å². The number of nitrogens with zero attached hydrogens (tertiary/aromatic N) is 2. The molecule has 0 aliphatic heterocycles. The summed E-state index contributed by atoms with van der Waals surface area (Å²) >= 11 is 0. The Kier molecular flexibility index (Phi) is 3.28.